The molecule has 6 rings (SSSR count). The van der Waals surface area contributed by atoms with Crippen molar-refractivity contribution in [3.63, 3.8) is 0 Å². The molecule has 4 fully saturated rings. The van der Waals surface area contributed by atoms with Gasteiger partial charge in [0.05, 0.1) is 36.9 Å². The molecule has 10 nitrogen and oxygen atoms in total. The molecule has 0 aromatic heterocycles. The van der Waals surface area contributed by atoms with Gasteiger partial charge in [0.1, 0.15) is 11.9 Å². The Bertz CT molecular complexity index is 1270. The van der Waals surface area contributed by atoms with Crippen molar-refractivity contribution in [2.75, 3.05) is 26.8 Å². The Hall–Kier alpha value is -2.70. The van der Waals surface area contributed by atoms with E-state index in [2.05, 4.69) is 5.32 Å². The van der Waals surface area contributed by atoms with Gasteiger partial charge in [0.25, 0.3) is 0 Å². The fourth-order valence-corrected chi connectivity index (χ4v) is 7.85. The van der Waals surface area contributed by atoms with Crippen molar-refractivity contribution in [1.29, 1.82) is 0 Å². The molecule has 7 atom stereocenters. The number of carbonyl (C=O) groups excluding carboxylic acids is 1. The second-order valence-corrected chi connectivity index (χ2v) is 13.9. The zero-order valence-electron chi connectivity index (χ0n) is 24.4. The van der Waals surface area contributed by atoms with E-state index in [1.807, 2.05) is 44.2 Å². The summed E-state index contributed by atoms with van der Waals surface area (Å²) in [5.41, 5.74) is 0.888. The number of amides is 1. The SMILES string of the molecule is COc1ccc(S(=O)(=O)N(CC(C)C)C[C@@H](O)[C@H](Cc2ccccc2)NC(=O)OC2C3CCC4CC2OC4OC3)cc1. The summed E-state index contributed by atoms with van der Waals surface area (Å²) >= 11 is 0. The first-order valence-electron chi connectivity index (χ1n) is 14.7. The molecule has 3 aliphatic heterocycles. The van der Waals surface area contributed by atoms with E-state index in [-0.39, 0.29) is 48.6 Å². The van der Waals surface area contributed by atoms with Crippen LogP contribution in [0.5, 0.6) is 5.75 Å². The quantitative estimate of drug-likeness (QED) is 0.378. The van der Waals surface area contributed by atoms with Crippen molar-refractivity contribution < 1.29 is 37.3 Å². The Kier molecular flexibility index (Phi) is 9.74. The fourth-order valence-electron chi connectivity index (χ4n) is 6.22. The number of benzene rings is 2. The number of aliphatic hydroxyl groups is 1. The minimum atomic E-state index is -3.95. The van der Waals surface area contributed by atoms with Gasteiger partial charge in [-0.2, -0.15) is 4.31 Å². The molecular formula is C31H42N2O8S. The van der Waals surface area contributed by atoms with Gasteiger partial charge in [-0.3, -0.25) is 0 Å². The van der Waals surface area contributed by atoms with Crippen molar-refractivity contribution in [1.82, 2.24) is 9.62 Å². The summed E-state index contributed by atoms with van der Waals surface area (Å²) in [6, 6.07) is 14.8. The van der Waals surface area contributed by atoms with Crippen LogP contribution in [0.25, 0.3) is 0 Å². The molecule has 3 heterocycles. The first kappa shape index (κ1) is 30.7. The van der Waals surface area contributed by atoms with E-state index in [4.69, 9.17) is 18.9 Å². The van der Waals surface area contributed by atoms with Crippen LogP contribution in [-0.2, 0) is 30.7 Å². The predicted octanol–water partition coefficient (Wildman–Crippen LogP) is 3.58. The van der Waals surface area contributed by atoms with Crippen LogP contribution in [0.1, 0.15) is 38.7 Å². The number of hydrogen-bond donors (Lipinski definition) is 2. The number of nitrogens with one attached hydrogen (secondary N) is 1. The molecule has 1 saturated carbocycles. The van der Waals surface area contributed by atoms with Crippen molar-refractivity contribution in [2.24, 2.45) is 17.8 Å². The van der Waals surface area contributed by atoms with Gasteiger partial charge >= 0.3 is 6.09 Å². The minimum absolute atomic E-state index is 0.00125. The molecule has 11 heteroatoms. The van der Waals surface area contributed by atoms with Crippen molar-refractivity contribution in [3.05, 3.63) is 60.2 Å². The number of ether oxygens (including phenoxy) is 4. The molecule has 42 heavy (non-hydrogen) atoms. The lowest BCUT2D eigenvalue weighted by Gasteiger charge is -2.32. The second-order valence-electron chi connectivity index (χ2n) is 12.0. The van der Waals surface area contributed by atoms with Gasteiger partial charge in [0.2, 0.25) is 10.0 Å². The maximum atomic E-state index is 13.7. The average molecular weight is 603 g/mol. The Morgan fingerprint density at radius 2 is 1.79 bits per heavy atom. The number of alkyl carbamates (subject to hydrolysis) is 1. The van der Waals surface area contributed by atoms with E-state index >= 15 is 0 Å². The van der Waals surface area contributed by atoms with Gasteiger partial charge in [-0.05, 0) is 61.4 Å². The van der Waals surface area contributed by atoms with E-state index in [1.165, 1.54) is 23.5 Å². The lowest BCUT2D eigenvalue weighted by molar-refractivity contribution is -0.139. The van der Waals surface area contributed by atoms with E-state index in [1.54, 1.807) is 12.1 Å². The second kappa shape index (κ2) is 13.3. The van der Waals surface area contributed by atoms with Crippen LogP contribution in [0.15, 0.2) is 59.5 Å². The first-order chi connectivity index (χ1) is 20.1. The molecule has 1 amide bonds. The first-order valence-corrected chi connectivity index (χ1v) is 16.2. The third-order valence-electron chi connectivity index (χ3n) is 8.41. The highest BCUT2D eigenvalue weighted by Gasteiger charge is 2.50. The van der Waals surface area contributed by atoms with Crippen LogP contribution in [0.3, 0.4) is 0 Å². The van der Waals surface area contributed by atoms with Gasteiger partial charge in [-0.25, -0.2) is 13.2 Å². The van der Waals surface area contributed by atoms with Crippen molar-refractivity contribution >= 4 is 16.1 Å². The number of carbonyl (C=O) groups is 1. The number of hydrogen-bond acceptors (Lipinski definition) is 8. The number of fused-ring (bicyclic) bond motifs is 2. The summed E-state index contributed by atoms with van der Waals surface area (Å²) in [5.74, 6) is 0.913. The largest absolute Gasteiger partial charge is 0.497 e. The van der Waals surface area contributed by atoms with Gasteiger partial charge in [0.15, 0.2) is 6.29 Å². The summed E-state index contributed by atoms with van der Waals surface area (Å²) in [6.07, 6.45) is 0.206. The van der Waals surface area contributed by atoms with Crippen LogP contribution < -0.4 is 10.1 Å². The zero-order chi connectivity index (χ0) is 29.9. The molecule has 2 aromatic rings. The predicted molar refractivity (Wildman–Crippen MR) is 155 cm³/mol. The highest BCUT2D eigenvalue weighted by molar-refractivity contribution is 7.89. The van der Waals surface area contributed by atoms with Crippen LogP contribution in [0.4, 0.5) is 4.79 Å². The maximum absolute atomic E-state index is 13.7. The van der Waals surface area contributed by atoms with Crippen LogP contribution in [-0.4, -0.2) is 81.4 Å². The van der Waals surface area contributed by atoms with Gasteiger partial charge in [0, 0.05) is 24.9 Å². The minimum Gasteiger partial charge on any atom is -0.497 e. The average Bonchev–Trinajstić information content (AvgIpc) is 3.06. The summed E-state index contributed by atoms with van der Waals surface area (Å²) in [4.78, 5) is 13.4. The third-order valence-corrected chi connectivity index (χ3v) is 10.3. The Morgan fingerprint density at radius 1 is 1.07 bits per heavy atom. The topological polar surface area (TPSA) is 124 Å². The van der Waals surface area contributed by atoms with Gasteiger partial charge < -0.3 is 29.4 Å². The van der Waals surface area contributed by atoms with E-state index in [9.17, 15) is 18.3 Å². The summed E-state index contributed by atoms with van der Waals surface area (Å²) in [7, 11) is -2.43. The van der Waals surface area contributed by atoms with Crippen molar-refractivity contribution in [2.45, 2.75) is 75.1 Å². The van der Waals surface area contributed by atoms with Crippen LogP contribution in [0, 0.1) is 17.8 Å². The van der Waals surface area contributed by atoms with E-state index in [0.717, 1.165) is 24.8 Å². The molecule has 4 aliphatic rings. The molecular weight excluding hydrogens is 560 g/mol. The molecule has 4 bridgehead atoms. The smallest absolute Gasteiger partial charge is 0.407 e. The molecule has 230 valence electrons. The highest BCUT2D eigenvalue weighted by Crippen LogP contribution is 2.44. The third kappa shape index (κ3) is 7.08. The lowest BCUT2D eigenvalue weighted by atomic mass is 9.96. The molecule has 0 spiro atoms. The lowest BCUT2D eigenvalue weighted by Crippen LogP contribution is -2.52. The maximum Gasteiger partial charge on any atom is 0.407 e. The zero-order valence-corrected chi connectivity index (χ0v) is 25.2. The van der Waals surface area contributed by atoms with Crippen LogP contribution in [0.2, 0.25) is 0 Å². The summed E-state index contributed by atoms with van der Waals surface area (Å²) < 4.78 is 51.7. The Morgan fingerprint density at radius 3 is 2.48 bits per heavy atom. The normalized spacial score (nSPS) is 26.6. The Balaban J connectivity index is 1.33. The molecule has 1 aliphatic carbocycles. The molecule has 0 radical (unpaired) electrons. The molecule has 2 aromatic carbocycles. The van der Waals surface area contributed by atoms with Crippen LogP contribution >= 0.6 is 0 Å². The summed E-state index contributed by atoms with van der Waals surface area (Å²) in [5, 5.41) is 14.4. The molecule has 5 unspecified atom stereocenters. The standard InChI is InChI=1S/C31H42N2O8S/c1-20(2)17-33(42(36,37)25-13-11-24(38-3)12-14-25)18-27(34)26(15-21-7-5-4-6-8-21)32-31(35)41-29-23-10-9-22-16-28(29)40-30(22)39-19-23/h4-8,11-14,20,22-23,26-30,34H,9-10,15-19H2,1-3H3,(H,32,35)/t22?,23?,26-,27+,28?,29?,30?/m0/s1. The number of sulfonamides is 1. The summed E-state index contributed by atoms with van der Waals surface area (Å²) in [6.45, 7) is 4.30. The highest BCUT2D eigenvalue weighted by atomic mass is 32.2. The molecule has 2 N–H and O–H groups in total. The number of aliphatic hydroxyl groups excluding tert-OH is 1. The van der Waals surface area contributed by atoms with Crippen molar-refractivity contribution in [3.8, 4) is 5.75 Å². The van der Waals surface area contributed by atoms with Gasteiger partial charge in [-0.15, -0.1) is 0 Å². The number of methoxy groups -OCH3 is 1. The molecule has 3 saturated heterocycles. The van der Waals surface area contributed by atoms with Gasteiger partial charge in [-0.1, -0.05) is 44.2 Å². The number of nitrogens with zero attached hydrogens (tertiary/aromatic N) is 1. The Labute approximate surface area is 248 Å². The van der Waals surface area contributed by atoms with E-state index < -0.39 is 34.4 Å². The fraction of sp³-hybridized carbons (Fsp3) is 0.581. The number of rotatable bonds is 12. The van der Waals surface area contributed by atoms with E-state index in [0.29, 0.717) is 18.3 Å². The monoisotopic (exact) mass is 602 g/mol.